The molecule has 0 aliphatic carbocycles. The number of imide groups is 1. The van der Waals surface area contributed by atoms with Gasteiger partial charge in [-0.05, 0) is 65.6 Å². The second kappa shape index (κ2) is 13.8. The number of aromatic nitrogens is 6. The Labute approximate surface area is 313 Å². The monoisotopic (exact) mass is 766 g/mol. The van der Waals surface area contributed by atoms with E-state index >= 15 is 0 Å². The Kier molecular flexibility index (Phi) is 8.60. The minimum absolute atomic E-state index is 0.0159. The van der Waals surface area contributed by atoms with Crippen LogP contribution in [-0.2, 0) is 34.1 Å². The molecule has 3 aliphatic rings. The molecular formula is C37H34N8O9S. The molecule has 3 aliphatic heterocycles. The van der Waals surface area contributed by atoms with Gasteiger partial charge in [-0.15, -0.1) is 5.10 Å². The maximum atomic E-state index is 14.2. The number of aromatic amines is 1. The van der Waals surface area contributed by atoms with Crippen molar-refractivity contribution < 1.29 is 41.7 Å². The van der Waals surface area contributed by atoms with E-state index in [2.05, 4.69) is 25.1 Å². The van der Waals surface area contributed by atoms with Crippen LogP contribution in [0.1, 0.15) is 54.2 Å². The summed E-state index contributed by atoms with van der Waals surface area (Å²) in [5.74, 6) is 0.549. The van der Waals surface area contributed by atoms with Crippen LogP contribution in [0.15, 0.2) is 93.5 Å². The number of carbonyl (C=O) groups is 2. The molecule has 0 bridgehead atoms. The van der Waals surface area contributed by atoms with Crippen LogP contribution >= 0.6 is 0 Å². The lowest BCUT2D eigenvalue weighted by Crippen LogP contribution is -2.44. The maximum absolute atomic E-state index is 14.2. The summed E-state index contributed by atoms with van der Waals surface area (Å²) in [4.78, 5) is 34.4. The van der Waals surface area contributed by atoms with Crippen LogP contribution in [0.3, 0.4) is 0 Å². The number of nitrogens with zero attached hydrogens (tertiary/aromatic N) is 7. The molecule has 282 valence electrons. The second-order valence-electron chi connectivity index (χ2n) is 13.5. The minimum Gasteiger partial charge on any atom is -0.454 e. The van der Waals surface area contributed by atoms with Gasteiger partial charge in [0.15, 0.2) is 11.5 Å². The number of hydrogen-bond acceptors (Lipinski definition) is 12. The SMILES string of the molecule is O=C1[C@@H]2Cc3c([nH]c4ccccc34)[C@@H](c3ccc4c(c3)OCO4)N2C(=O)N1Cc1cn(CCCCCCOc2no[n+]([O-])c2S(=O)(=O)c2ccccc2)nn1. The quantitative estimate of drug-likeness (QED) is 0.101. The molecule has 2 atom stereocenters. The number of unbranched alkanes of at least 4 members (excludes halogenated alkanes) is 3. The molecule has 1 saturated heterocycles. The lowest BCUT2D eigenvalue weighted by atomic mass is 9.88. The zero-order valence-corrected chi connectivity index (χ0v) is 30.1. The third-order valence-corrected chi connectivity index (χ3v) is 11.9. The summed E-state index contributed by atoms with van der Waals surface area (Å²) < 4.78 is 48.8. The zero-order valence-electron chi connectivity index (χ0n) is 29.2. The third kappa shape index (κ3) is 6.07. The number of sulfone groups is 1. The third-order valence-electron chi connectivity index (χ3n) is 10.1. The maximum Gasteiger partial charge on any atom is 0.414 e. The van der Waals surface area contributed by atoms with E-state index < -0.39 is 33.0 Å². The number of para-hydroxylation sites is 1. The van der Waals surface area contributed by atoms with E-state index in [1.165, 1.54) is 17.0 Å². The van der Waals surface area contributed by atoms with Crippen molar-refractivity contribution in [2.24, 2.45) is 0 Å². The summed E-state index contributed by atoms with van der Waals surface area (Å²) in [5.41, 5.74) is 4.11. The lowest BCUT2D eigenvalue weighted by molar-refractivity contribution is -0.832. The fourth-order valence-corrected chi connectivity index (χ4v) is 8.82. The van der Waals surface area contributed by atoms with Gasteiger partial charge in [0.1, 0.15) is 17.8 Å². The van der Waals surface area contributed by atoms with Crippen LogP contribution in [0.4, 0.5) is 4.79 Å². The van der Waals surface area contributed by atoms with Gasteiger partial charge in [-0.2, -0.15) is 0 Å². The molecule has 0 saturated carbocycles. The van der Waals surface area contributed by atoms with Gasteiger partial charge in [-0.25, -0.2) is 13.2 Å². The topological polar surface area (TPSA) is 202 Å². The van der Waals surface area contributed by atoms with Gasteiger partial charge in [-0.1, -0.05) is 54.1 Å². The van der Waals surface area contributed by atoms with E-state index in [9.17, 15) is 23.2 Å². The standard InChI is InChI=1S/C37H34N8O9S/c46-35-29-19-27-26-12-6-7-13-28(26)38-32(27)33(23-14-15-30-31(18-23)53-22-52-30)44(29)37(47)43(35)21-24-20-42(41-39-24)16-8-1-2-9-17-51-34-36(45(48)54-40-34)55(49,50)25-10-4-3-5-11-25/h3-7,10-15,18,20,29,33,38H,1-2,8-9,16-17,19,21-22H2/t29-,33+/m0/s1. The summed E-state index contributed by atoms with van der Waals surface area (Å²) >= 11 is 0. The normalized spacial score (nSPS) is 17.6. The molecule has 6 aromatic rings. The van der Waals surface area contributed by atoms with E-state index in [0.717, 1.165) is 47.0 Å². The van der Waals surface area contributed by atoms with Gasteiger partial charge in [0.25, 0.3) is 15.7 Å². The number of rotatable bonds is 13. The first-order valence-electron chi connectivity index (χ1n) is 17.8. The average Bonchev–Trinajstić information content (AvgIpc) is 4.03. The predicted molar refractivity (Wildman–Crippen MR) is 189 cm³/mol. The van der Waals surface area contributed by atoms with Gasteiger partial charge < -0.3 is 24.4 Å². The molecule has 1 N–H and O–H groups in total. The van der Waals surface area contributed by atoms with Crippen molar-refractivity contribution in [2.75, 3.05) is 13.4 Å². The Bertz CT molecular complexity index is 2530. The Morgan fingerprint density at radius 2 is 1.76 bits per heavy atom. The predicted octanol–water partition coefficient (Wildman–Crippen LogP) is 4.06. The van der Waals surface area contributed by atoms with E-state index in [1.54, 1.807) is 34.0 Å². The molecule has 6 heterocycles. The number of fused-ring (bicyclic) bond motifs is 5. The molecule has 17 nitrogen and oxygen atoms in total. The molecule has 0 spiro atoms. The fourth-order valence-electron chi connectivity index (χ4n) is 7.53. The Morgan fingerprint density at radius 1 is 0.964 bits per heavy atom. The highest BCUT2D eigenvalue weighted by Crippen LogP contribution is 2.46. The molecule has 9 rings (SSSR count). The summed E-state index contributed by atoms with van der Waals surface area (Å²) in [6.07, 6.45) is 4.98. The molecule has 3 aromatic heterocycles. The van der Waals surface area contributed by atoms with Crippen LogP contribution in [-0.4, -0.2) is 74.7 Å². The van der Waals surface area contributed by atoms with Crippen molar-refractivity contribution in [1.82, 2.24) is 34.9 Å². The number of ether oxygens (including phenoxy) is 3. The zero-order chi connectivity index (χ0) is 37.7. The van der Waals surface area contributed by atoms with Crippen LogP contribution in [0.5, 0.6) is 17.4 Å². The van der Waals surface area contributed by atoms with Crippen molar-refractivity contribution in [3.05, 3.63) is 107 Å². The number of aryl methyl sites for hydroxylation is 1. The van der Waals surface area contributed by atoms with Gasteiger partial charge in [-0.3, -0.25) is 23.9 Å². The fraction of sp³-hybridized carbons (Fsp3) is 0.297. The first kappa shape index (κ1) is 34.3. The summed E-state index contributed by atoms with van der Waals surface area (Å²) in [6.45, 7) is 0.787. The van der Waals surface area contributed by atoms with Crippen LogP contribution in [0, 0.1) is 5.21 Å². The number of hydrogen-bond donors (Lipinski definition) is 1. The van der Waals surface area contributed by atoms with Crippen molar-refractivity contribution in [2.45, 2.75) is 67.2 Å². The van der Waals surface area contributed by atoms with Crippen molar-refractivity contribution >= 4 is 32.7 Å². The highest BCUT2D eigenvalue weighted by atomic mass is 32.2. The summed E-state index contributed by atoms with van der Waals surface area (Å²) in [7, 11) is -4.19. The average molecular weight is 767 g/mol. The summed E-state index contributed by atoms with van der Waals surface area (Å²) in [6, 6.07) is 19.4. The lowest BCUT2D eigenvalue weighted by Gasteiger charge is -2.36. The second-order valence-corrected chi connectivity index (χ2v) is 15.4. The summed E-state index contributed by atoms with van der Waals surface area (Å²) in [5, 5.41) is 24.4. The molecule has 1 fully saturated rings. The van der Waals surface area contributed by atoms with Crippen LogP contribution in [0.25, 0.3) is 10.9 Å². The van der Waals surface area contributed by atoms with E-state index in [1.807, 2.05) is 42.5 Å². The molecule has 18 heteroatoms. The van der Waals surface area contributed by atoms with E-state index in [-0.39, 0.29) is 41.5 Å². The van der Waals surface area contributed by atoms with Crippen molar-refractivity contribution in [3.63, 3.8) is 0 Å². The molecule has 0 unspecified atom stereocenters. The molecule has 55 heavy (non-hydrogen) atoms. The van der Waals surface area contributed by atoms with Crippen LogP contribution < -0.4 is 19.1 Å². The Balaban J connectivity index is 0.815. The van der Waals surface area contributed by atoms with E-state index in [0.29, 0.717) is 36.6 Å². The highest BCUT2D eigenvalue weighted by molar-refractivity contribution is 7.91. The smallest absolute Gasteiger partial charge is 0.414 e. The van der Waals surface area contributed by atoms with Gasteiger partial charge in [0.2, 0.25) is 6.79 Å². The number of carbonyl (C=O) groups excluding carboxylic acids is 2. The highest BCUT2D eigenvalue weighted by Gasteiger charge is 2.53. The first-order valence-corrected chi connectivity index (χ1v) is 19.3. The van der Waals surface area contributed by atoms with Crippen LogP contribution in [0.2, 0.25) is 0 Å². The molecular weight excluding hydrogens is 733 g/mol. The first-order chi connectivity index (χ1) is 26.8. The van der Waals surface area contributed by atoms with Gasteiger partial charge in [0, 0.05) is 29.6 Å². The largest absolute Gasteiger partial charge is 0.454 e. The van der Waals surface area contributed by atoms with Crippen molar-refractivity contribution in [3.8, 4) is 17.4 Å². The van der Waals surface area contributed by atoms with Gasteiger partial charge >= 0.3 is 16.9 Å². The molecule has 0 radical (unpaired) electrons. The number of H-pyrrole nitrogens is 1. The molecule has 3 amide bonds. The number of urea groups is 1. The number of amides is 3. The van der Waals surface area contributed by atoms with Gasteiger partial charge in [0.05, 0.1) is 29.4 Å². The Morgan fingerprint density at radius 3 is 2.64 bits per heavy atom. The molecule has 3 aromatic carbocycles. The Hall–Kier alpha value is -6.43. The number of benzene rings is 3. The van der Waals surface area contributed by atoms with E-state index in [4.69, 9.17) is 14.2 Å². The number of nitrogens with one attached hydrogen (secondary N) is 1. The van der Waals surface area contributed by atoms with Crippen molar-refractivity contribution in [1.29, 1.82) is 0 Å². The minimum atomic E-state index is -4.19.